The normalized spacial score (nSPS) is 9.57. The molecule has 0 saturated carbocycles. The number of para-hydroxylation sites is 1. The molecule has 0 heterocycles. The van der Waals surface area contributed by atoms with Gasteiger partial charge in [-0.15, -0.1) is 0 Å². The minimum atomic E-state index is -0.00759. The Morgan fingerprint density at radius 3 is 2.64 bits per heavy atom. The average Bonchev–Trinajstić information content (AvgIpc) is 2.07. The Morgan fingerprint density at radius 1 is 1.43 bits per heavy atom. The molecule has 0 bridgehead atoms. The summed E-state index contributed by atoms with van der Waals surface area (Å²) in [6.07, 6.45) is 0.383. The van der Waals surface area contributed by atoms with Crippen molar-refractivity contribution in [1.82, 2.24) is 0 Å². The largest absolute Gasteiger partial charge is 0.326 e. The standard InChI is InChI=1S/C12H15NO/c1-9(2)8-12(14)13-11-7-5-4-6-10(11)3/h4-7H,1,8H2,2-3H3,(H,13,14). The molecule has 0 atom stereocenters. The summed E-state index contributed by atoms with van der Waals surface area (Å²) >= 11 is 0. The van der Waals surface area contributed by atoms with Gasteiger partial charge in [0.2, 0.25) is 5.91 Å². The van der Waals surface area contributed by atoms with E-state index in [1.807, 2.05) is 38.1 Å². The average molecular weight is 189 g/mol. The summed E-state index contributed by atoms with van der Waals surface area (Å²) in [6.45, 7) is 7.51. The van der Waals surface area contributed by atoms with Crippen LogP contribution in [-0.2, 0) is 4.79 Å². The fraction of sp³-hybridized carbons (Fsp3) is 0.250. The van der Waals surface area contributed by atoms with E-state index >= 15 is 0 Å². The highest BCUT2D eigenvalue weighted by Gasteiger charge is 2.03. The lowest BCUT2D eigenvalue weighted by Crippen LogP contribution is -2.12. The highest BCUT2D eigenvalue weighted by Crippen LogP contribution is 2.13. The minimum Gasteiger partial charge on any atom is -0.326 e. The topological polar surface area (TPSA) is 29.1 Å². The number of benzene rings is 1. The molecule has 0 saturated heterocycles. The molecule has 14 heavy (non-hydrogen) atoms. The number of hydrogen-bond donors (Lipinski definition) is 1. The van der Waals surface area contributed by atoms with Crippen molar-refractivity contribution in [2.24, 2.45) is 0 Å². The van der Waals surface area contributed by atoms with Crippen LogP contribution in [0.15, 0.2) is 36.4 Å². The van der Waals surface area contributed by atoms with Gasteiger partial charge < -0.3 is 5.32 Å². The van der Waals surface area contributed by atoms with E-state index in [0.717, 1.165) is 16.8 Å². The number of hydrogen-bond acceptors (Lipinski definition) is 1. The summed E-state index contributed by atoms with van der Waals surface area (Å²) in [5, 5.41) is 2.84. The Balaban J connectivity index is 2.65. The van der Waals surface area contributed by atoms with Crippen molar-refractivity contribution >= 4 is 11.6 Å². The fourth-order valence-electron chi connectivity index (χ4n) is 1.18. The zero-order valence-corrected chi connectivity index (χ0v) is 8.63. The molecule has 0 radical (unpaired) electrons. The highest BCUT2D eigenvalue weighted by atomic mass is 16.1. The van der Waals surface area contributed by atoms with Crippen molar-refractivity contribution in [3.8, 4) is 0 Å². The van der Waals surface area contributed by atoms with Gasteiger partial charge in [0.1, 0.15) is 0 Å². The predicted molar refractivity (Wildman–Crippen MR) is 59.2 cm³/mol. The third kappa shape index (κ3) is 3.05. The molecule has 0 aromatic heterocycles. The molecule has 1 aromatic carbocycles. The Kier molecular flexibility index (Phi) is 3.46. The van der Waals surface area contributed by atoms with Gasteiger partial charge in [-0.05, 0) is 25.5 Å². The van der Waals surface area contributed by atoms with Crippen LogP contribution in [0.1, 0.15) is 18.9 Å². The lowest BCUT2D eigenvalue weighted by atomic mass is 10.2. The molecule has 0 aliphatic carbocycles. The molecular weight excluding hydrogens is 174 g/mol. The Morgan fingerprint density at radius 2 is 2.07 bits per heavy atom. The van der Waals surface area contributed by atoms with Crippen molar-refractivity contribution in [1.29, 1.82) is 0 Å². The number of rotatable bonds is 3. The van der Waals surface area contributed by atoms with Gasteiger partial charge >= 0.3 is 0 Å². The zero-order chi connectivity index (χ0) is 10.6. The molecule has 0 fully saturated rings. The molecule has 2 nitrogen and oxygen atoms in total. The summed E-state index contributed by atoms with van der Waals surface area (Å²) in [5.41, 5.74) is 2.82. The van der Waals surface area contributed by atoms with Crippen LogP contribution in [-0.4, -0.2) is 5.91 Å². The third-order valence-corrected chi connectivity index (χ3v) is 1.88. The number of amides is 1. The van der Waals surface area contributed by atoms with Crippen LogP contribution < -0.4 is 5.32 Å². The first-order valence-electron chi connectivity index (χ1n) is 4.59. The Labute approximate surface area is 84.6 Å². The van der Waals surface area contributed by atoms with E-state index in [1.54, 1.807) is 0 Å². The molecule has 0 spiro atoms. The summed E-state index contributed by atoms with van der Waals surface area (Å²) in [4.78, 5) is 11.4. The van der Waals surface area contributed by atoms with E-state index in [9.17, 15) is 4.79 Å². The van der Waals surface area contributed by atoms with Gasteiger partial charge in [0.15, 0.2) is 0 Å². The lowest BCUT2D eigenvalue weighted by Gasteiger charge is -2.07. The van der Waals surface area contributed by atoms with Gasteiger partial charge in [-0.2, -0.15) is 0 Å². The van der Waals surface area contributed by atoms with Gasteiger partial charge in [0.05, 0.1) is 0 Å². The second-order valence-corrected chi connectivity index (χ2v) is 3.50. The molecule has 0 aliphatic heterocycles. The molecule has 2 heteroatoms. The van der Waals surface area contributed by atoms with Crippen LogP contribution in [0.5, 0.6) is 0 Å². The van der Waals surface area contributed by atoms with Gasteiger partial charge in [0.25, 0.3) is 0 Å². The summed E-state index contributed by atoms with van der Waals surface area (Å²) in [6, 6.07) is 7.72. The third-order valence-electron chi connectivity index (χ3n) is 1.88. The Bertz CT molecular complexity index is 355. The second kappa shape index (κ2) is 4.61. The van der Waals surface area contributed by atoms with Gasteiger partial charge in [0, 0.05) is 12.1 Å². The molecule has 1 rings (SSSR count). The SMILES string of the molecule is C=C(C)CC(=O)Nc1ccccc1C. The second-order valence-electron chi connectivity index (χ2n) is 3.50. The van der Waals surface area contributed by atoms with E-state index in [-0.39, 0.29) is 5.91 Å². The van der Waals surface area contributed by atoms with Crippen LogP contribution in [0.25, 0.3) is 0 Å². The Hall–Kier alpha value is -1.57. The quantitative estimate of drug-likeness (QED) is 0.728. The molecule has 1 N–H and O–H groups in total. The molecular formula is C12H15NO. The van der Waals surface area contributed by atoms with Gasteiger partial charge in [-0.25, -0.2) is 0 Å². The number of carbonyl (C=O) groups is 1. The number of carbonyl (C=O) groups excluding carboxylic acids is 1. The first-order valence-corrected chi connectivity index (χ1v) is 4.59. The van der Waals surface area contributed by atoms with Crippen molar-refractivity contribution in [3.63, 3.8) is 0 Å². The van der Waals surface area contributed by atoms with E-state index in [4.69, 9.17) is 0 Å². The number of anilines is 1. The summed E-state index contributed by atoms with van der Waals surface area (Å²) in [7, 11) is 0. The van der Waals surface area contributed by atoms with E-state index in [2.05, 4.69) is 11.9 Å². The molecule has 1 amide bonds. The van der Waals surface area contributed by atoms with Crippen molar-refractivity contribution < 1.29 is 4.79 Å². The maximum absolute atomic E-state index is 11.4. The molecule has 74 valence electrons. The number of aryl methyl sites for hydroxylation is 1. The fourth-order valence-corrected chi connectivity index (χ4v) is 1.18. The lowest BCUT2D eigenvalue weighted by molar-refractivity contribution is -0.115. The van der Waals surface area contributed by atoms with Crippen LogP contribution in [0.3, 0.4) is 0 Å². The molecule has 0 aliphatic rings. The number of nitrogens with one attached hydrogen (secondary N) is 1. The smallest absolute Gasteiger partial charge is 0.228 e. The van der Waals surface area contributed by atoms with E-state index in [1.165, 1.54) is 0 Å². The van der Waals surface area contributed by atoms with Crippen LogP contribution in [0.2, 0.25) is 0 Å². The van der Waals surface area contributed by atoms with Gasteiger partial charge in [-0.1, -0.05) is 30.4 Å². The van der Waals surface area contributed by atoms with Crippen LogP contribution in [0.4, 0.5) is 5.69 Å². The maximum atomic E-state index is 11.4. The van der Waals surface area contributed by atoms with Crippen LogP contribution >= 0.6 is 0 Å². The zero-order valence-electron chi connectivity index (χ0n) is 8.63. The first-order chi connectivity index (χ1) is 6.59. The first kappa shape index (κ1) is 10.5. The van der Waals surface area contributed by atoms with Crippen LogP contribution in [0, 0.1) is 6.92 Å². The summed E-state index contributed by atoms with van der Waals surface area (Å²) < 4.78 is 0. The van der Waals surface area contributed by atoms with Crippen molar-refractivity contribution in [2.45, 2.75) is 20.3 Å². The van der Waals surface area contributed by atoms with Crippen molar-refractivity contribution in [2.75, 3.05) is 5.32 Å². The van der Waals surface area contributed by atoms with Crippen molar-refractivity contribution in [3.05, 3.63) is 42.0 Å². The van der Waals surface area contributed by atoms with E-state index in [0.29, 0.717) is 6.42 Å². The molecule has 0 unspecified atom stereocenters. The minimum absolute atomic E-state index is 0.00759. The van der Waals surface area contributed by atoms with Gasteiger partial charge in [-0.3, -0.25) is 4.79 Å². The monoisotopic (exact) mass is 189 g/mol. The maximum Gasteiger partial charge on any atom is 0.228 e. The van der Waals surface area contributed by atoms with E-state index < -0.39 is 0 Å². The summed E-state index contributed by atoms with van der Waals surface area (Å²) in [5.74, 6) is -0.00759. The molecule has 1 aromatic rings. The highest BCUT2D eigenvalue weighted by molar-refractivity contribution is 5.92. The predicted octanol–water partition coefficient (Wildman–Crippen LogP) is 2.90.